The van der Waals surface area contributed by atoms with Crippen molar-refractivity contribution >= 4 is 15.8 Å². The average Bonchev–Trinajstić information content (AvgIpc) is 2.19. The molecule has 0 saturated heterocycles. The van der Waals surface area contributed by atoms with Crippen molar-refractivity contribution in [2.45, 2.75) is 6.92 Å². The van der Waals surface area contributed by atoms with E-state index in [0.29, 0.717) is 6.54 Å². The smallest absolute Gasteiger partial charge is 0.748 e. The van der Waals surface area contributed by atoms with E-state index >= 15 is 0 Å². The Kier molecular flexibility index (Phi) is 7.26. The third kappa shape index (κ3) is 5.86. The van der Waals surface area contributed by atoms with E-state index in [1.807, 2.05) is 42.2 Å². The van der Waals surface area contributed by atoms with Crippen LogP contribution >= 0.6 is 0 Å². The van der Waals surface area contributed by atoms with Crippen molar-refractivity contribution in [3.05, 3.63) is 30.3 Å². The number of nitrogens with zero attached hydrogens (tertiary/aromatic N) is 1. The minimum atomic E-state index is -4.13. The molecule has 0 aliphatic heterocycles. The molecule has 16 heavy (non-hydrogen) atoms. The van der Waals surface area contributed by atoms with E-state index in [-0.39, 0.29) is 41.9 Å². The quantitative estimate of drug-likeness (QED) is 0.451. The van der Waals surface area contributed by atoms with Crippen LogP contribution < -0.4 is 34.5 Å². The fourth-order valence-electron chi connectivity index (χ4n) is 1.33. The number of para-hydroxylation sites is 1. The molecule has 4 nitrogen and oxygen atoms in total. The molecule has 1 aromatic carbocycles. The first-order valence-electron chi connectivity index (χ1n) is 4.76. The first-order valence-corrected chi connectivity index (χ1v) is 6.34. The van der Waals surface area contributed by atoms with E-state index in [4.69, 9.17) is 0 Å². The van der Waals surface area contributed by atoms with Crippen molar-refractivity contribution in [2.24, 2.45) is 0 Å². The van der Waals surface area contributed by atoms with E-state index in [9.17, 15) is 13.0 Å². The van der Waals surface area contributed by atoms with Crippen LogP contribution in [0.1, 0.15) is 6.92 Å². The van der Waals surface area contributed by atoms with Crippen molar-refractivity contribution < 1.29 is 42.5 Å². The first-order chi connectivity index (χ1) is 7.03. The Balaban J connectivity index is 0.00000225. The van der Waals surface area contributed by atoms with Gasteiger partial charge >= 0.3 is 29.6 Å². The Morgan fingerprint density at radius 1 is 1.25 bits per heavy atom. The van der Waals surface area contributed by atoms with E-state index in [1.54, 1.807) is 0 Å². The molecular weight excluding hydrogens is 237 g/mol. The average molecular weight is 251 g/mol. The van der Waals surface area contributed by atoms with Gasteiger partial charge in [0, 0.05) is 18.8 Å². The third-order valence-corrected chi connectivity index (χ3v) is 2.80. The molecule has 0 N–H and O–H groups in total. The Bertz CT molecular complexity index is 394. The Morgan fingerprint density at radius 2 is 1.81 bits per heavy atom. The van der Waals surface area contributed by atoms with E-state index < -0.39 is 10.1 Å². The molecule has 0 amide bonds. The molecule has 0 radical (unpaired) electrons. The molecule has 0 aliphatic rings. The number of anilines is 1. The number of hydrogen-bond acceptors (Lipinski definition) is 4. The van der Waals surface area contributed by atoms with Crippen LogP contribution in [0.15, 0.2) is 30.3 Å². The summed E-state index contributed by atoms with van der Waals surface area (Å²) in [4.78, 5) is 1.86. The topological polar surface area (TPSA) is 60.4 Å². The summed E-state index contributed by atoms with van der Waals surface area (Å²) in [6.07, 6.45) is 0. The first kappa shape index (κ1) is 15.9. The number of hydrogen-bond donors (Lipinski definition) is 0. The van der Waals surface area contributed by atoms with Gasteiger partial charge in [0.15, 0.2) is 0 Å². The summed E-state index contributed by atoms with van der Waals surface area (Å²) >= 11 is 0. The fourth-order valence-corrected chi connectivity index (χ4v) is 1.77. The van der Waals surface area contributed by atoms with Crippen molar-refractivity contribution in [3.8, 4) is 0 Å². The van der Waals surface area contributed by atoms with Crippen LogP contribution in [0.4, 0.5) is 5.69 Å². The van der Waals surface area contributed by atoms with E-state index in [2.05, 4.69) is 0 Å². The number of rotatable bonds is 5. The van der Waals surface area contributed by atoms with Gasteiger partial charge in [0.05, 0.1) is 15.9 Å². The van der Waals surface area contributed by atoms with E-state index in [1.165, 1.54) is 0 Å². The summed E-state index contributed by atoms with van der Waals surface area (Å²) in [5.41, 5.74) is 0.934. The van der Waals surface area contributed by atoms with Crippen molar-refractivity contribution in [3.63, 3.8) is 0 Å². The fraction of sp³-hybridized carbons (Fsp3) is 0.400. The summed E-state index contributed by atoms with van der Waals surface area (Å²) in [6, 6.07) is 9.43. The molecule has 1 rings (SSSR count). The van der Waals surface area contributed by atoms with Crippen LogP contribution in [0.25, 0.3) is 0 Å². The minimum absolute atomic E-state index is 0. The zero-order valence-corrected chi connectivity index (χ0v) is 12.4. The van der Waals surface area contributed by atoms with Gasteiger partial charge < -0.3 is 9.45 Å². The summed E-state index contributed by atoms with van der Waals surface area (Å²) in [5.74, 6) is -0.351. The molecule has 6 heteroatoms. The maximum absolute atomic E-state index is 10.5. The largest absolute Gasteiger partial charge is 1.00 e. The van der Waals surface area contributed by atoms with Crippen LogP contribution in [0.2, 0.25) is 0 Å². The monoisotopic (exact) mass is 251 g/mol. The number of benzene rings is 1. The third-order valence-electron chi connectivity index (χ3n) is 2.11. The van der Waals surface area contributed by atoms with Gasteiger partial charge in [-0.25, -0.2) is 8.42 Å². The molecule has 0 atom stereocenters. The second-order valence-corrected chi connectivity index (χ2v) is 4.70. The second kappa shape index (κ2) is 7.29. The van der Waals surface area contributed by atoms with Crippen LogP contribution in [-0.2, 0) is 10.1 Å². The van der Waals surface area contributed by atoms with Gasteiger partial charge in [-0.15, -0.1) is 0 Å². The summed E-state index contributed by atoms with van der Waals surface area (Å²) in [5, 5.41) is 0. The summed E-state index contributed by atoms with van der Waals surface area (Å²) < 4.78 is 31.5. The van der Waals surface area contributed by atoms with Gasteiger partial charge in [-0.05, 0) is 19.1 Å². The van der Waals surface area contributed by atoms with Gasteiger partial charge in [0.2, 0.25) is 0 Å². The molecule has 84 valence electrons. The zero-order valence-electron chi connectivity index (χ0n) is 9.59. The maximum Gasteiger partial charge on any atom is 1.00 e. The zero-order chi connectivity index (χ0) is 11.3. The second-order valence-electron chi connectivity index (χ2n) is 3.18. The Morgan fingerprint density at radius 3 is 2.25 bits per heavy atom. The Labute approximate surface area is 119 Å². The molecule has 0 saturated carbocycles. The van der Waals surface area contributed by atoms with Gasteiger partial charge in [0.1, 0.15) is 0 Å². The summed E-state index contributed by atoms with van der Waals surface area (Å²) in [7, 11) is -4.13. The molecule has 0 spiro atoms. The van der Waals surface area contributed by atoms with Crippen molar-refractivity contribution in [1.82, 2.24) is 0 Å². The molecule has 0 aromatic heterocycles. The molecule has 1 aromatic rings. The predicted octanol–water partition coefficient (Wildman–Crippen LogP) is -1.94. The molecule has 0 bridgehead atoms. The molecule has 0 heterocycles. The van der Waals surface area contributed by atoms with E-state index in [0.717, 1.165) is 5.69 Å². The van der Waals surface area contributed by atoms with Crippen molar-refractivity contribution in [2.75, 3.05) is 23.7 Å². The van der Waals surface area contributed by atoms with Crippen LogP contribution in [0.5, 0.6) is 0 Å². The maximum atomic E-state index is 10.5. The van der Waals surface area contributed by atoms with Gasteiger partial charge in [-0.3, -0.25) is 0 Å². The van der Waals surface area contributed by atoms with Crippen molar-refractivity contribution in [1.29, 1.82) is 0 Å². The predicted molar refractivity (Wildman–Crippen MR) is 58.9 cm³/mol. The van der Waals surface area contributed by atoms with Gasteiger partial charge in [-0.2, -0.15) is 0 Å². The molecule has 0 aliphatic carbocycles. The van der Waals surface area contributed by atoms with Gasteiger partial charge in [0.25, 0.3) is 0 Å². The summed E-state index contributed by atoms with van der Waals surface area (Å²) in [6.45, 7) is 2.84. The normalized spacial score (nSPS) is 10.6. The molecular formula is C10H14NNaO3S. The van der Waals surface area contributed by atoms with Crippen LogP contribution in [-0.4, -0.2) is 31.8 Å². The molecule has 0 fully saturated rings. The SMILES string of the molecule is CCN(CCS(=O)(=O)[O-])c1ccccc1.[Na+]. The standard InChI is InChI=1S/C10H15NO3S.Na/c1-2-11(8-9-15(12,13)14)10-6-4-3-5-7-10;/h3-7H,2,8-9H2,1H3,(H,12,13,14);/q;+1/p-1. The molecule has 0 unspecified atom stereocenters. The Hall–Kier alpha value is -0.0700. The minimum Gasteiger partial charge on any atom is -0.748 e. The van der Waals surface area contributed by atoms with Crippen LogP contribution in [0.3, 0.4) is 0 Å². The van der Waals surface area contributed by atoms with Crippen LogP contribution in [0, 0.1) is 0 Å². The van der Waals surface area contributed by atoms with Gasteiger partial charge in [-0.1, -0.05) is 18.2 Å².